The van der Waals surface area contributed by atoms with Gasteiger partial charge in [0.25, 0.3) is 0 Å². The highest BCUT2D eigenvalue weighted by Gasteiger charge is 2.34. The van der Waals surface area contributed by atoms with Gasteiger partial charge in [0, 0.05) is 43.1 Å². The Bertz CT molecular complexity index is 1450. The number of aromatic nitrogens is 2. The van der Waals surface area contributed by atoms with Crippen LogP contribution in [0.2, 0.25) is 0 Å². The van der Waals surface area contributed by atoms with Crippen LogP contribution in [-0.4, -0.2) is 59.8 Å². The molecular weight excluding hydrogens is 604 g/mol. The molecule has 3 fully saturated rings. The van der Waals surface area contributed by atoms with Crippen LogP contribution in [0.5, 0.6) is 0 Å². The van der Waals surface area contributed by atoms with E-state index >= 15 is 0 Å². The monoisotopic (exact) mass is 658 g/mol. The summed E-state index contributed by atoms with van der Waals surface area (Å²) in [5, 5.41) is 16.2. The minimum Gasteiger partial charge on any atom is -0.497 e. The predicted octanol–water partition coefficient (Wildman–Crippen LogP) is 7.74. The fourth-order valence-corrected chi connectivity index (χ4v) is 7.04. The van der Waals surface area contributed by atoms with Gasteiger partial charge < -0.3 is 24.8 Å². The van der Waals surface area contributed by atoms with Crippen molar-refractivity contribution in [2.24, 2.45) is 17.8 Å². The van der Waals surface area contributed by atoms with E-state index in [0.29, 0.717) is 63.1 Å². The molecule has 0 radical (unpaired) electrons. The van der Waals surface area contributed by atoms with Crippen molar-refractivity contribution in [1.29, 1.82) is 0 Å². The molecule has 48 heavy (non-hydrogen) atoms. The molecule has 0 atom stereocenters. The number of carbonyl (C=O) groups is 2. The van der Waals surface area contributed by atoms with Gasteiger partial charge in [-0.3, -0.25) is 9.48 Å². The first kappa shape index (κ1) is 35.5. The molecule has 2 amide bonds. The second kappa shape index (κ2) is 17.0. The molecule has 1 aromatic carbocycles. The number of allylic oxidation sites excluding steroid dienone is 4. The largest absolute Gasteiger partial charge is 0.497 e. The number of anilines is 1. The Morgan fingerprint density at radius 1 is 1.02 bits per heavy atom. The number of hydrogen-bond acceptors (Lipinski definition) is 6. The number of alkyl carbamates (subject to hydrolysis) is 1. The molecule has 5 rings (SSSR count). The molecule has 9 nitrogen and oxygen atoms in total. The highest BCUT2D eigenvalue weighted by atomic mass is 16.6. The van der Waals surface area contributed by atoms with Crippen LogP contribution in [0.1, 0.15) is 90.5 Å². The average molecular weight is 659 g/mol. The smallest absolute Gasteiger partial charge is 0.407 e. The van der Waals surface area contributed by atoms with Crippen LogP contribution in [0.3, 0.4) is 0 Å². The summed E-state index contributed by atoms with van der Waals surface area (Å²) >= 11 is 0. The molecule has 3 aliphatic carbocycles. The zero-order valence-corrected chi connectivity index (χ0v) is 29.0. The summed E-state index contributed by atoms with van der Waals surface area (Å²) in [6, 6.07) is 8.87. The van der Waals surface area contributed by atoms with E-state index in [2.05, 4.69) is 52.1 Å². The molecular formula is C39H54N4O5. The first-order chi connectivity index (χ1) is 23.2. The van der Waals surface area contributed by atoms with E-state index in [0.717, 1.165) is 59.4 Å². The van der Waals surface area contributed by atoms with E-state index in [1.165, 1.54) is 12.8 Å². The fraction of sp³-hybridized carbons (Fsp3) is 0.564. The summed E-state index contributed by atoms with van der Waals surface area (Å²) in [7, 11) is 1.70. The number of benzene rings is 1. The van der Waals surface area contributed by atoms with Crippen LogP contribution < -0.4 is 10.2 Å². The normalized spacial score (nSPS) is 22.6. The van der Waals surface area contributed by atoms with E-state index in [1.54, 1.807) is 7.11 Å². The van der Waals surface area contributed by atoms with Crippen LogP contribution in [0, 0.1) is 17.8 Å². The number of nitrogens with zero attached hydrogens (tertiary/aromatic N) is 3. The first-order valence-electron chi connectivity index (χ1n) is 17.8. The summed E-state index contributed by atoms with van der Waals surface area (Å²) in [6.45, 7) is 9.57. The van der Waals surface area contributed by atoms with Crippen LogP contribution >= 0.6 is 0 Å². The number of nitrogens with one attached hydrogen (secondary N) is 1. The van der Waals surface area contributed by atoms with Crippen molar-refractivity contribution in [3.63, 3.8) is 0 Å². The standard InChI is InChI=1S/C39H54N4O5/c1-27(2)37(47-4)20-9-28(3)30-12-10-29(11-13-30)25-42(35-8-5-7-32(23-35)33-24-41-43(26-33)34-16-17-34)38(45)31-14-18-36(19-15-31)48-39(46)40-21-6-22-44/h5,7-9,20,23-24,26,29-31,34,36,44H,3,6,10-19,21-22,25H2,1-2,4H3,(H,40,46)/b20-9-. The molecule has 3 saturated carbocycles. The predicted molar refractivity (Wildman–Crippen MR) is 189 cm³/mol. The lowest BCUT2D eigenvalue weighted by atomic mass is 9.78. The molecule has 0 bridgehead atoms. The second-order valence-corrected chi connectivity index (χ2v) is 14.0. The summed E-state index contributed by atoms with van der Waals surface area (Å²) < 4.78 is 13.2. The number of ether oxygens (including phenoxy) is 2. The first-order valence-corrected chi connectivity index (χ1v) is 17.8. The van der Waals surface area contributed by atoms with Gasteiger partial charge in [-0.2, -0.15) is 5.10 Å². The maximum atomic E-state index is 14.4. The molecule has 0 aliphatic heterocycles. The minimum absolute atomic E-state index is 0.0251. The third-order valence-electron chi connectivity index (χ3n) is 10.2. The van der Waals surface area contributed by atoms with E-state index in [9.17, 15) is 9.59 Å². The van der Waals surface area contributed by atoms with Crippen LogP contribution in [-0.2, 0) is 14.3 Å². The number of amides is 2. The minimum atomic E-state index is -0.452. The summed E-state index contributed by atoms with van der Waals surface area (Å²) in [4.78, 5) is 28.6. The van der Waals surface area contributed by atoms with Gasteiger partial charge in [-0.15, -0.1) is 0 Å². The summed E-state index contributed by atoms with van der Waals surface area (Å²) in [5.74, 6) is 1.75. The zero-order chi connectivity index (χ0) is 34.0. The lowest BCUT2D eigenvalue weighted by Crippen LogP contribution is -2.42. The van der Waals surface area contributed by atoms with Crippen molar-refractivity contribution in [1.82, 2.24) is 15.1 Å². The van der Waals surface area contributed by atoms with Crippen LogP contribution in [0.15, 0.2) is 72.3 Å². The van der Waals surface area contributed by atoms with Gasteiger partial charge in [-0.25, -0.2) is 4.79 Å². The molecule has 3 aliphatic rings. The van der Waals surface area contributed by atoms with Crippen LogP contribution in [0.25, 0.3) is 11.1 Å². The molecule has 0 unspecified atom stereocenters. The molecule has 1 heterocycles. The van der Waals surface area contributed by atoms with Gasteiger partial charge in [0.1, 0.15) is 11.9 Å². The number of rotatable bonds is 14. The van der Waals surface area contributed by atoms with Crippen molar-refractivity contribution in [2.75, 3.05) is 31.7 Å². The lowest BCUT2D eigenvalue weighted by Gasteiger charge is -2.36. The Kier molecular flexibility index (Phi) is 12.6. The SMILES string of the molecule is C=C(/C=C\C(OC)=C(C)C)C1CCC(CN(C(=O)C2CCC(OC(=O)NCCCO)CC2)c2cccc(-c3cnn(C4CC4)c3)c2)CC1. The Morgan fingerprint density at radius 2 is 1.75 bits per heavy atom. The van der Waals surface area contributed by atoms with Gasteiger partial charge in [-0.1, -0.05) is 30.4 Å². The zero-order valence-electron chi connectivity index (χ0n) is 29.0. The van der Waals surface area contributed by atoms with Gasteiger partial charge in [0.05, 0.1) is 19.3 Å². The van der Waals surface area contributed by atoms with E-state index in [4.69, 9.17) is 14.6 Å². The average Bonchev–Trinajstić information content (AvgIpc) is 3.83. The summed E-state index contributed by atoms with van der Waals surface area (Å²) in [6.07, 6.45) is 17.3. The maximum Gasteiger partial charge on any atom is 0.407 e. The van der Waals surface area contributed by atoms with Crippen LogP contribution in [0.4, 0.5) is 10.5 Å². The topological polar surface area (TPSA) is 106 Å². The molecule has 260 valence electrons. The van der Waals surface area contributed by atoms with Gasteiger partial charge in [-0.05, 0) is 126 Å². The van der Waals surface area contributed by atoms with E-state index in [-0.39, 0.29) is 24.5 Å². The Balaban J connectivity index is 1.25. The van der Waals surface area contributed by atoms with Crippen molar-refractivity contribution in [3.8, 4) is 11.1 Å². The number of methoxy groups -OCH3 is 1. The third kappa shape index (κ3) is 9.62. The summed E-state index contributed by atoms with van der Waals surface area (Å²) in [5.41, 5.74) is 5.35. The highest BCUT2D eigenvalue weighted by molar-refractivity contribution is 5.95. The van der Waals surface area contributed by atoms with E-state index in [1.807, 2.05) is 37.1 Å². The highest BCUT2D eigenvalue weighted by Crippen LogP contribution is 2.38. The molecule has 2 N–H and O–H groups in total. The Labute approximate surface area is 286 Å². The number of hydrogen-bond donors (Lipinski definition) is 2. The van der Waals surface area contributed by atoms with Crippen molar-refractivity contribution < 1.29 is 24.2 Å². The molecule has 9 heteroatoms. The maximum absolute atomic E-state index is 14.4. The third-order valence-corrected chi connectivity index (χ3v) is 10.2. The molecule has 0 spiro atoms. The number of carbonyl (C=O) groups excluding carboxylic acids is 2. The molecule has 0 saturated heterocycles. The van der Waals surface area contributed by atoms with Crippen molar-refractivity contribution in [3.05, 3.63) is 72.3 Å². The van der Waals surface area contributed by atoms with Crippen molar-refractivity contribution in [2.45, 2.75) is 96.6 Å². The quantitative estimate of drug-likeness (QED) is 0.122. The van der Waals surface area contributed by atoms with Gasteiger partial charge in [0.2, 0.25) is 5.91 Å². The molecule has 2 aromatic rings. The second-order valence-electron chi connectivity index (χ2n) is 14.0. The van der Waals surface area contributed by atoms with Gasteiger partial charge >= 0.3 is 6.09 Å². The Hall–Kier alpha value is -3.85. The van der Waals surface area contributed by atoms with Crippen molar-refractivity contribution >= 4 is 17.7 Å². The van der Waals surface area contributed by atoms with Gasteiger partial charge in [0.15, 0.2) is 0 Å². The molecule has 1 aromatic heterocycles. The fourth-order valence-electron chi connectivity index (χ4n) is 7.04. The number of aliphatic hydroxyl groups excluding tert-OH is 1. The number of aliphatic hydroxyl groups is 1. The van der Waals surface area contributed by atoms with E-state index < -0.39 is 6.09 Å². The Morgan fingerprint density at radius 3 is 2.42 bits per heavy atom. The lowest BCUT2D eigenvalue weighted by molar-refractivity contribution is -0.124.